The summed E-state index contributed by atoms with van der Waals surface area (Å²) in [5, 5.41) is 13.1. The van der Waals surface area contributed by atoms with Crippen LogP contribution in [0.15, 0.2) is 30.3 Å². The first-order chi connectivity index (χ1) is 9.80. The van der Waals surface area contributed by atoms with Crippen molar-refractivity contribution in [3.63, 3.8) is 0 Å². The van der Waals surface area contributed by atoms with Crippen LogP contribution in [0.1, 0.15) is 18.4 Å². The molecule has 0 aliphatic carbocycles. The molecule has 1 aromatic carbocycles. The lowest BCUT2D eigenvalue weighted by atomic mass is 9.88. The van der Waals surface area contributed by atoms with E-state index in [1.165, 1.54) is 0 Å². The van der Waals surface area contributed by atoms with Crippen molar-refractivity contribution >= 4 is 0 Å². The number of aliphatic hydroxyl groups excluding tert-OH is 1. The van der Waals surface area contributed by atoms with E-state index >= 15 is 0 Å². The van der Waals surface area contributed by atoms with Gasteiger partial charge in [0.2, 0.25) is 0 Å². The van der Waals surface area contributed by atoms with E-state index in [-0.39, 0.29) is 6.61 Å². The van der Waals surface area contributed by atoms with E-state index in [4.69, 9.17) is 9.47 Å². The highest BCUT2D eigenvalue weighted by Gasteiger charge is 2.29. The van der Waals surface area contributed by atoms with Gasteiger partial charge in [-0.1, -0.05) is 30.3 Å². The van der Waals surface area contributed by atoms with Crippen molar-refractivity contribution in [3.8, 4) is 0 Å². The Morgan fingerprint density at radius 2 is 2.20 bits per heavy atom. The Balaban J connectivity index is 1.85. The summed E-state index contributed by atoms with van der Waals surface area (Å²) in [6.45, 7) is 3.11. The van der Waals surface area contributed by atoms with Gasteiger partial charge in [-0.15, -0.1) is 0 Å². The third-order valence-electron chi connectivity index (χ3n) is 4.13. The minimum absolute atomic E-state index is 0.0589. The van der Waals surface area contributed by atoms with E-state index in [0.717, 1.165) is 38.2 Å². The molecule has 20 heavy (non-hydrogen) atoms. The molecular formula is C16H25NO3. The van der Waals surface area contributed by atoms with E-state index in [1.807, 2.05) is 37.4 Å². The molecule has 4 nitrogen and oxygen atoms in total. The van der Waals surface area contributed by atoms with Gasteiger partial charge < -0.3 is 19.9 Å². The Labute approximate surface area is 121 Å². The van der Waals surface area contributed by atoms with Crippen molar-refractivity contribution in [2.75, 3.05) is 40.1 Å². The number of likely N-dealkylation sites (N-methyl/N-ethyl adjacent to an activating group) is 1. The number of nitrogens with one attached hydrogen (secondary N) is 1. The lowest BCUT2D eigenvalue weighted by Crippen LogP contribution is -2.44. The van der Waals surface area contributed by atoms with Crippen molar-refractivity contribution in [1.29, 1.82) is 0 Å². The van der Waals surface area contributed by atoms with Gasteiger partial charge >= 0.3 is 0 Å². The summed E-state index contributed by atoms with van der Waals surface area (Å²) < 4.78 is 11.1. The lowest BCUT2D eigenvalue weighted by molar-refractivity contribution is 0.0590. The van der Waals surface area contributed by atoms with Gasteiger partial charge in [0.15, 0.2) is 0 Å². The van der Waals surface area contributed by atoms with Crippen LogP contribution in [0.25, 0.3) is 0 Å². The van der Waals surface area contributed by atoms with Crippen LogP contribution >= 0.6 is 0 Å². The molecule has 0 bridgehead atoms. The molecule has 1 fully saturated rings. The van der Waals surface area contributed by atoms with Crippen LogP contribution in [0.4, 0.5) is 0 Å². The third-order valence-corrected chi connectivity index (χ3v) is 4.13. The summed E-state index contributed by atoms with van der Waals surface area (Å²) in [4.78, 5) is 0. The molecule has 0 amide bonds. The lowest BCUT2D eigenvalue weighted by Gasteiger charge is -2.32. The summed E-state index contributed by atoms with van der Waals surface area (Å²) in [6, 6.07) is 10.1. The fourth-order valence-electron chi connectivity index (χ4n) is 2.63. The Kier molecular flexibility index (Phi) is 5.98. The van der Waals surface area contributed by atoms with E-state index in [1.54, 1.807) is 0 Å². The van der Waals surface area contributed by atoms with Gasteiger partial charge in [-0.2, -0.15) is 0 Å². The van der Waals surface area contributed by atoms with Crippen LogP contribution in [-0.2, 0) is 15.0 Å². The summed E-state index contributed by atoms with van der Waals surface area (Å²) in [7, 11) is 1.88. The second kappa shape index (κ2) is 7.74. The maximum absolute atomic E-state index is 9.80. The molecule has 2 rings (SSSR count). The average molecular weight is 279 g/mol. The molecule has 112 valence electrons. The number of benzene rings is 1. The molecule has 0 spiro atoms. The largest absolute Gasteiger partial charge is 0.394 e. The normalized spacial score (nSPS) is 21.8. The van der Waals surface area contributed by atoms with Crippen molar-refractivity contribution < 1.29 is 14.6 Å². The van der Waals surface area contributed by atoms with Gasteiger partial charge in [-0.05, 0) is 25.5 Å². The fraction of sp³-hybridized carbons (Fsp3) is 0.625. The van der Waals surface area contributed by atoms with Crippen LogP contribution in [0.2, 0.25) is 0 Å². The van der Waals surface area contributed by atoms with Gasteiger partial charge in [0, 0.05) is 19.1 Å². The zero-order chi connectivity index (χ0) is 14.3. The second-order valence-corrected chi connectivity index (χ2v) is 5.41. The standard InChI is InChI=1S/C16H25NO3/c1-17-16(13-18,15-5-3-2-4-6-15)8-10-20-12-14-7-9-19-11-14/h2-6,14,17-18H,7-13H2,1H3. The number of rotatable bonds is 8. The minimum Gasteiger partial charge on any atom is -0.394 e. The van der Waals surface area contributed by atoms with Gasteiger partial charge in [-0.3, -0.25) is 0 Å². The zero-order valence-corrected chi connectivity index (χ0v) is 12.2. The molecule has 0 saturated carbocycles. The maximum atomic E-state index is 9.80. The molecule has 0 radical (unpaired) electrons. The highest BCUT2D eigenvalue weighted by Crippen LogP contribution is 2.24. The number of aliphatic hydroxyl groups is 1. The molecule has 4 heteroatoms. The fourth-order valence-corrected chi connectivity index (χ4v) is 2.63. The first kappa shape index (κ1) is 15.4. The highest BCUT2D eigenvalue weighted by atomic mass is 16.5. The Bertz CT molecular complexity index is 373. The van der Waals surface area contributed by atoms with Gasteiger partial charge in [0.05, 0.1) is 25.4 Å². The van der Waals surface area contributed by atoms with Gasteiger partial charge in [0.25, 0.3) is 0 Å². The molecule has 1 heterocycles. The topological polar surface area (TPSA) is 50.7 Å². The number of ether oxygens (including phenoxy) is 2. The van der Waals surface area contributed by atoms with E-state index < -0.39 is 5.54 Å². The van der Waals surface area contributed by atoms with Crippen LogP contribution in [0.3, 0.4) is 0 Å². The van der Waals surface area contributed by atoms with E-state index in [0.29, 0.717) is 12.5 Å². The predicted molar refractivity (Wildman–Crippen MR) is 78.6 cm³/mol. The van der Waals surface area contributed by atoms with Crippen LogP contribution in [-0.4, -0.2) is 45.2 Å². The summed E-state index contributed by atoms with van der Waals surface area (Å²) in [5.74, 6) is 0.532. The Hall–Kier alpha value is -0.940. The van der Waals surface area contributed by atoms with Crippen molar-refractivity contribution in [2.45, 2.75) is 18.4 Å². The molecule has 2 atom stereocenters. The molecule has 2 N–H and O–H groups in total. The minimum atomic E-state index is -0.423. The predicted octanol–water partition coefficient (Wildman–Crippen LogP) is 1.54. The smallest absolute Gasteiger partial charge is 0.0688 e. The quantitative estimate of drug-likeness (QED) is 0.709. The molecule has 0 aromatic heterocycles. The van der Waals surface area contributed by atoms with Crippen molar-refractivity contribution in [2.24, 2.45) is 5.92 Å². The van der Waals surface area contributed by atoms with Crippen LogP contribution in [0, 0.1) is 5.92 Å². The first-order valence-corrected chi connectivity index (χ1v) is 7.31. The van der Waals surface area contributed by atoms with Crippen molar-refractivity contribution in [3.05, 3.63) is 35.9 Å². The van der Waals surface area contributed by atoms with Crippen LogP contribution < -0.4 is 5.32 Å². The molecule has 1 aliphatic rings. The highest BCUT2D eigenvalue weighted by molar-refractivity contribution is 5.24. The second-order valence-electron chi connectivity index (χ2n) is 5.41. The molecular weight excluding hydrogens is 254 g/mol. The average Bonchev–Trinajstić information content (AvgIpc) is 3.02. The van der Waals surface area contributed by atoms with Gasteiger partial charge in [-0.25, -0.2) is 0 Å². The molecule has 1 saturated heterocycles. The van der Waals surface area contributed by atoms with E-state index in [9.17, 15) is 5.11 Å². The Morgan fingerprint density at radius 1 is 1.40 bits per heavy atom. The SMILES string of the molecule is CNC(CO)(CCOCC1CCOC1)c1ccccc1. The Morgan fingerprint density at radius 3 is 2.80 bits per heavy atom. The number of hydrogen-bond acceptors (Lipinski definition) is 4. The van der Waals surface area contributed by atoms with E-state index in [2.05, 4.69) is 5.32 Å². The molecule has 2 unspecified atom stereocenters. The van der Waals surface area contributed by atoms with Gasteiger partial charge in [0.1, 0.15) is 0 Å². The van der Waals surface area contributed by atoms with Crippen LogP contribution in [0.5, 0.6) is 0 Å². The monoisotopic (exact) mass is 279 g/mol. The maximum Gasteiger partial charge on any atom is 0.0688 e. The zero-order valence-electron chi connectivity index (χ0n) is 12.2. The van der Waals surface area contributed by atoms with Crippen molar-refractivity contribution in [1.82, 2.24) is 5.32 Å². The summed E-state index contributed by atoms with van der Waals surface area (Å²) in [5.41, 5.74) is 0.672. The third kappa shape index (κ3) is 3.79. The molecule has 1 aliphatic heterocycles. The first-order valence-electron chi connectivity index (χ1n) is 7.31. The summed E-state index contributed by atoms with van der Waals surface area (Å²) in [6.07, 6.45) is 1.84. The molecule has 1 aromatic rings. The number of hydrogen-bond donors (Lipinski definition) is 2. The summed E-state index contributed by atoms with van der Waals surface area (Å²) >= 11 is 0.